The largest absolute Gasteiger partial charge is 0.488 e. The Hall–Kier alpha value is -1.91. The highest BCUT2D eigenvalue weighted by molar-refractivity contribution is 6.35. The first-order chi connectivity index (χ1) is 11.6. The summed E-state index contributed by atoms with van der Waals surface area (Å²) >= 11 is 11.9. The fraction of sp³-hybridized carbons (Fsp3) is 0.278. The Morgan fingerprint density at radius 3 is 2.58 bits per heavy atom. The lowest BCUT2D eigenvalue weighted by Crippen LogP contribution is -2.31. The second-order valence-electron chi connectivity index (χ2n) is 5.16. The molecule has 0 saturated carbocycles. The lowest BCUT2D eigenvalue weighted by atomic mass is 10.2. The second kappa shape index (κ2) is 9.40. The molecule has 1 atom stereocenters. The molecule has 0 heterocycles. The van der Waals surface area contributed by atoms with Gasteiger partial charge in [-0.1, -0.05) is 60.5 Å². The highest BCUT2D eigenvalue weighted by Gasteiger charge is 2.14. The van der Waals surface area contributed by atoms with Gasteiger partial charge in [0, 0.05) is 11.6 Å². The van der Waals surface area contributed by atoms with Crippen molar-refractivity contribution in [2.45, 2.75) is 26.0 Å². The van der Waals surface area contributed by atoms with Crippen LogP contribution in [-0.2, 0) is 11.3 Å². The standard InChI is InChI=1S/C18H19Cl2NO3/c1-2-15(12-23-17-9-8-14(19)10-16(17)20)24-18(22)21-11-13-6-4-3-5-7-13/h3-10,15H,2,11-12H2,1H3,(H,21,22). The number of benzene rings is 2. The fourth-order valence-corrected chi connectivity index (χ4v) is 2.44. The Labute approximate surface area is 151 Å². The van der Waals surface area contributed by atoms with Gasteiger partial charge in [-0.05, 0) is 30.2 Å². The molecule has 0 bridgehead atoms. The highest BCUT2D eigenvalue weighted by atomic mass is 35.5. The molecule has 1 amide bonds. The van der Waals surface area contributed by atoms with E-state index in [1.807, 2.05) is 37.3 Å². The Balaban J connectivity index is 1.79. The second-order valence-corrected chi connectivity index (χ2v) is 6.00. The van der Waals surface area contributed by atoms with Crippen molar-refractivity contribution in [1.29, 1.82) is 0 Å². The topological polar surface area (TPSA) is 47.6 Å². The predicted molar refractivity (Wildman–Crippen MR) is 95.8 cm³/mol. The summed E-state index contributed by atoms with van der Waals surface area (Å²) in [5.74, 6) is 0.507. The van der Waals surface area contributed by atoms with E-state index in [9.17, 15) is 4.79 Å². The van der Waals surface area contributed by atoms with E-state index in [0.717, 1.165) is 5.56 Å². The molecular weight excluding hydrogens is 349 g/mol. The third-order valence-electron chi connectivity index (χ3n) is 3.33. The average Bonchev–Trinajstić information content (AvgIpc) is 2.59. The van der Waals surface area contributed by atoms with Crippen molar-refractivity contribution < 1.29 is 14.3 Å². The van der Waals surface area contributed by atoms with E-state index in [2.05, 4.69) is 5.32 Å². The minimum absolute atomic E-state index is 0.219. The van der Waals surface area contributed by atoms with Gasteiger partial charge in [0.2, 0.25) is 0 Å². The zero-order valence-corrected chi connectivity index (χ0v) is 14.8. The van der Waals surface area contributed by atoms with Crippen LogP contribution in [0.25, 0.3) is 0 Å². The molecule has 6 heteroatoms. The number of amides is 1. The van der Waals surface area contributed by atoms with Crippen molar-refractivity contribution in [2.24, 2.45) is 0 Å². The summed E-state index contributed by atoms with van der Waals surface area (Å²) in [7, 11) is 0. The lowest BCUT2D eigenvalue weighted by molar-refractivity contribution is 0.0627. The summed E-state index contributed by atoms with van der Waals surface area (Å²) in [5, 5.41) is 3.68. The van der Waals surface area contributed by atoms with Crippen LogP contribution in [0.15, 0.2) is 48.5 Å². The number of ether oxygens (including phenoxy) is 2. The van der Waals surface area contributed by atoms with E-state index in [1.165, 1.54) is 0 Å². The van der Waals surface area contributed by atoms with Crippen molar-refractivity contribution in [3.8, 4) is 5.75 Å². The molecule has 0 spiro atoms. The molecule has 2 aromatic rings. The number of nitrogens with one attached hydrogen (secondary N) is 1. The van der Waals surface area contributed by atoms with Crippen LogP contribution in [0.1, 0.15) is 18.9 Å². The van der Waals surface area contributed by atoms with E-state index in [4.69, 9.17) is 32.7 Å². The van der Waals surface area contributed by atoms with Gasteiger partial charge in [-0.15, -0.1) is 0 Å². The average molecular weight is 368 g/mol. The summed E-state index contributed by atoms with van der Waals surface area (Å²) in [5.41, 5.74) is 1.01. The molecule has 2 rings (SSSR count). The van der Waals surface area contributed by atoms with Gasteiger partial charge in [0.25, 0.3) is 0 Å². The smallest absolute Gasteiger partial charge is 0.407 e. The minimum atomic E-state index is -0.475. The quantitative estimate of drug-likeness (QED) is 0.742. The number of halogens is 2. The van der Waals surface area contributed by atoms with Gasteiger partial charge in [-0.25, -0.2) is 4.79 Å². The molecule has 0 aromatic heterocycles. The van der Waals surface area contributed by atoms with E-state index in [1.54, 1.807) is 18.2 Å². The molecule has 128 valence electrons. The first kappa shape index (κ1) is 18.4. The molecule has 1 N–H and O–H groups in total. The number of carbonyl (C=O) groups is 1. The first-order valence-electron chi connectivity index (χ1n) is 7.64. The Morgan fingerprint density at radius 1 is 1.17 bits per heavy atom. The zero-order valence-electron chi connectivity index (χ0n) is 13.3. The third-order valence-corrected chi connectivity index (χ3v) is 3.86. The third kappa shape index (κ3) is 5.95. The van der Waals surface area contributed by atoms with Gasteiger partial charge in [0.1, 0.15) is 18.5 Å². The van der Waals surface area contributed by atoms with E-state index < -0.39 is 6.09 Å². The molecule has 0 aliphatic heterocycles. The van der Waals surface area contributed by atoms with Crippen molar-refractivity contribution in [3.05, 3.63) is 64.1 Å². The number of hydrogen-bond acceptors (Lipinski definition) is 3. The van der Waals surface area contributed by atoms with Crippen molar-refractivity contribution in [3.63, 3.8) is 0 Å². The van der Waals surface area contributed by atoms with Gasteiger partial charge in [0.15, 0.2) is 0 Å². The molecule has 0 aliphatic carbocycles. The van der Waals surface area contributed by atoms with Gasteiger partial charge >= 0.3 is 6.09 Å². The van der Waals surface area contributed by atoms with Crippen LogP contribution >= 0.6 is 23.2 Å². The summed E-state index contributed by atoms with van der Waals surface area (Å²) in [6, 6.07) is 14.6. The zero-order chi connectivity index (χ0) is 17.4. The van der Waals surface area contributed by atoms with E-state index >= 15 is 0 Å². The minimum Gasteiger partial charge on any atom is -0.488 e. The van der Waals surface area contributed by atoms with Crippen molar-refractivity contribution >= 4 is 29.3 Å². The molecule has 0 radical (unpaired) electrons. The van der Waals surface area contributed by atoms with E-state index in [0.29, 0.717) is 28.8 Å². The van der Waals surface area contributed by atoms with Crippen LogP contribution in [0.5, 0.6) is 5.75 Å². The number of carbonyl (C=O) groups excluding carboxylic acids is 1. The highest BCUT2D eigenvalue weighted by Crippen LogP contribution is 2.27. The number of hydrogen-bond donors (Lipinski definition) is 1. The van der Waals surface area contributed by atoms with Crippen LogP contribution in [0, 0.1) is 0 Å². The summed E-state index contributed by atoms with van der Waals surface area (Å²) in [6.45, 7) is 2.55. The molecule has 0 aliphatic rings. The summed E-state index contributed by atoms with van der Waals surface area (Å²) in [6.07, 6.45) is -0.215. The maximum Gasteiger partial charge on any atom is 0.407 e. The fourth-order valence-electron chi connectivity index (χ4n) is 1.97. The van der Waals surface area contributed by atoms with Gasteiger partial charge < -0.3 is 14.8 Å². The van der Waals surface area contributed by atoms with Gasteiger partial charge in [-0.3, -0.25) is 0 Å². The number of alkyl carbamates (subject to hydrolysis) is 1. The molecule has 2 aromatic carbocycles. The SMILES string of the molecule is CCC(COc1ccc(Cl)cc1Cl)OC(=O)NCc1ccccc1. The molecule has 1 unspecified atom stereocenters. The normalized spacial score (nSPS) is 11.6. The number of rotatable bonds is 7. The summed E-state index contributed by atoms with van der Waals surface area (Å²) < 4.78 is 11.0. The molecule has 4 nitrogen and oxygen atoms in total. The Kier molecular flexibility index (Phi) is 7.22. The maximum atomic E-state index is 11.9. The monoisotopic (exact) mass is 367 g/mol. The Bertz CT molecular complexity index is 665. The van der Waals surface area contributed by atoms with E-state index in [-0.39, 0.29) is 12.7 Å². The summed E-state index contributed by atoms with van der Waals surface area (Å²) in [4.78, 5) is 11.9. The molecular formula is C18H19Cl2NO3. The molecule has 0 fully saturated rings. The van der Waals surface area contributed by atoms with Crippen LogP contribution in [-0.4, -0.2) is 18.8 Å². The first-order valence-corrected chi connectivity index (χ1v) is 8.40. The van der Waals surface area contributed by atoms with Crippen LogP contribution in [0.3, 0.4) is 0 Å². The predicted octanol–water partition coefficient (Wildman–Crippen LogP) is 5.08. The van der Waals surface area contributed by atoms with Gasteiger partial charge in [-0.2, -0.15) is 0 Å². The lowest BCUT2D eigenvalue weighted by Gasteiger charge is -2.18. The van der Waals surface area contributed by atoms with Crippen LogP contribution < -0.4 is 10.1 Å². The Morgan fingerprint density at radius 2 is 1.92 bits per heavy atom. The molecule has 0 saturated heterocycles. The van der Waals surface area contributed by atoms with Crippen LogP contribution in [0.2, 0.25) is 10.0 Å². The van der Waals surface area contributed by atoms with Crippen molar-refractivity contribution in [2.75, 3.05) is 6.61 Å². The van der Waals surface area contributed by atoms with Crippen LogP contribution in [0.4, 0.5) is 4.79 Å². The molecule has 24 heavy (non-hydrogen) atoms. The van der Waals surface area contributed by atoms with Crippen molar-refractivity contribution in [1.82, 2.24) is 5.32 Å². The van der Waals surface area contributed by atoms with Gasteiger partial charge in [0.05, 0.1) is 5.02 Å². The maximum absolute atomic E-state index is 11.9.